The van der Waals surface area contributed by atoms with Crippen LogP contribution in [0.4, 0.5) is 10.3 Å². The summed E-state index contributed by atoms with van der Waals surface area (Å²) in [4.78, 5) is 52.6. The van der Waals surface area contributed by atoms with E-state index in [2.05, 4.69) is 9.97 Å². The molecule has 3 amide bonds. The van der Waals surface area contributed by atoms with Crippen molar-refractivity contribution in [3.8, 4) is 0 Å². The van der Waals surface area contributed by atoms with Crippen LogP contribution in [0.1, 0.15) is 5.56 Å². The summed E-state index contributed by atoms with van der Waals surface area (Å²) in [6.45, 7) is 2.95. The number of halogens is 1. The van der Waals surface area contributed by atoms with E-state index >= 15 is 0 Å². The summed E-state index contributed by atoms with van der Waals surface area (Å²) in [5, 5.41) is 0. The van der Waals surface area contributed by atoms with E-state index in [1.54, 1.807) is 35.5 Å². The molecule has 0 spiro atoms. The van der Waals surface area contributed by atoms with Gasteiger partial charge in [-0.2, -0.15) is 0 Å². The van der Waals surface area contributed by atoms with Crippen LogP contribution in [0.2, 0.25) is 0 Å². The van der Waals surface area contributed by atoms with Gasteiger partial charge in [-0.3, -0.25) is 14.4 Å². The topological polar surface area (TPSA) is 90.0 Å². The molecule has 1 aromatic heterocycles. The molecule has 0 unspecified atom stereocenters. The highest BCUT2D eigenvalue weighted by atomic mass is 19.1. The Kier molecular flexibility index (Phi) is 6.06. The molecule has 1 aromatic carbocycles. The summed E-state index contributed by atoms with van der Waals surface area (Å²) in [7, 11) is 0. The fraction of sp³-hybridized carbons (Fsp3) is 0.381. The van der Waals surface area contributed by atoms with Gasteiger partial charge in [0.25, 0.3) is 0 Å². The Morgan fingerprint density at radius 3 is 2.16 bits per heavy atom. The van der Waals surface area contributed by atoms with Gasteiger partial charge in [0.2, 0.25) is 11.9 Å². The second-order valence-electron chi connectivity index (χ2n) is 7.50. The summed E-state index contributed by atoms with van der Waals surface area (Å²) in [5.41, 5.74) is 0.743. The number of hydrogen-bond donors (Lipinski definition) is 0. The number of hydrogen-bond acceptors (Lipinski definition) is 6. The second kappa shape index (κ2) is 9.07. The first kappa shape index (κ1) is 20.7. The maximum absolute atomic E-state index is 13.1. The van der Waals surface area contributed by atoms with E-state index in [4.69, 9.17) is 0 Å². The summed E-state index contributed by atoms with van der Waals surface area (Å²) in [5.74, 6) is -1.23. The van der Waals surface area contributed by atoms with Crippen LogP contribution < -0.4 is 4.90 Å². The molecule has 3 heterocycles. The van der Waals surface area contributed by atoms with Crippen LogP contribution in [0.3, 0.4) is 0 Å². The van der Waals surface area contributed by atoms with Crippen molar-refractivity contribution in [3.05, 3.63) is 54.1 Å². The Balaban J connectivity index is 1.28. The van der Waals surface area contributed by atoms with E-state index in [9.17, 15) is 18.8 Å². The molecule has 2 aliphatic rings. The van der Waals surface area contributed by atoms with Crippen molar-refractivity contribution in [1.29, 1.82) is 0 Å². The SMILES string of the molecule is O=C(CN1CCN(Cc2ccc(F)cc2)C(=O)C1=O)N1CCN(c2ncccn2)CC1. The molecular weight excluding hydrogens is 403 g/mol. The van der Waals surface area contributed by atoms with E-state index in [-0.39, 0.29) is 31.4 Å². The van der Waals surface area contributed by atoms with Crippen LogP contribution in [-0.2, 0) is 20.9 Å². The zero-order valence-corrected chi connectivity index (χ0v) is 17.0. The Bertz CT molecular complexity index is 947. The Labute approximate surface area is 179 Å². The molecule has 0 atom stereocenters. The maximum atomic E-state index is 13.1. The number of piperazine rings is 2. The number of benzene rings is 1. The lowest BCUT2D eigenvalue weighted by Gasteiger charge is -2.37. The third-order valence-electron chi connectivity index (χ3n) is 5.48. The van der Waals surface area contributed by atoms with E-state index in [0.717, 1.165) is 5.56 Å². The summed E-state index contributed by atoms with van der Waals surface area (Å²) < 4.78 is 13.1. The zero-order valence-electron chi connectivity index (χ0n) is 17.0. The van der Waals surface area contributed by atoms with E-state index in [1.165, 1.54) is 21.9 Å². The number of amides is 3. The Morgan fingerprint density at radius 1 is 0.871 bits per heavy atom. The first-order valence-corrected chi connectivity index (χ1v) is 10.1. The molecule has 2 aromatic rings. The van der Waals surface area contributed by atoms with Gasteiger partial charge in [0.05, 0.1) is 0 Å². The van der Waals surface area contributed by atoms with Gasteiger partial charge in [0.15, 0.2) is 0 Å². The summed E-state index contributed by atoms with van der Waals surface area (Å²) in [6, 6.07) is 7.56. The number of aromatic nitrogens is 2. The molecular formula is C21H23FN6O3. The fourth-order valence-electron chi connectivity index (χ4n) is 3.70. The van der Waals surface area contributed by atoms with Crippen molar-refractivity contribution in [1.82, 2.24) is 24.7 Å². The molecule has 10 heteroatoms. The van der Waals surface area contributed by atoms with Gasteiger partial charge in [-0.05, 0) is 23.8 Å². The Hall–Kier alpha value is -3.56. The lowest BCUT2D eigenvalue weighted by atomic mass is 10.2. The molecule has 0 saturated carbocycles. The number of rotatable bonds is 5. The molecule has 162 valence electrons. The van der Waals surface area contributed by atoms with Gasteiger partial charge >= 0.3 is 11.8 Å². The fourth-order valence-corrected chi connectivity index (χ4v) is 3.70. The minimum Gasteiger partial charge on any atom is -0.338 e. The van der Waals surface area contributed by atoms with Crippen LogP contribution in [0.25, 0.3) is 0 Å². The number of carbonyl (C=O) groups is 3. The smallest absolute Gasteiger partial charge is 0.312 e. The number of anilines is 1. The molecule has 0 bridgehead atoms. The molecule has 0 aliphatic carbocycles. The highest BCUT2D eigenvalue weighted by Crippen LogP contribution is 2.13. The molecule has 2 aliphatic heterocycles. The molecule has 31 heavy (non-hydrogen) atoms. The number of nitrogens with zero attached hydrogens (tertiary/aromatic N) is 6. The minimum atomic E-state index is -0.682. The molecule has 2 fully saturated rings. The average Bonchev–Trinajstić information content (AvgIpc) is 2.81. The van der Waals surface area contributed by atoms with Crippen LogP contribution >= 0.6 is 0 Å². The predicted molar refractivity (Wildman–Crippen MR) is 109 cm³/mol. The highest BCUT2D eigenvalue weighted by molar-refractivity contribution is 6.35. The van der Waals surface area contributed by atoms with Gasteiger partial charge in [-0.15, -0.1) is 0 Å². The highest BCUT2D eigenvalue weighted by Gasteiger charge is 2.34. The van der Waals surface area contributed by atoms with Gasteiger partial charge in [-0.1, -0.05) is 12.1 Å². The van der Waals surface area contributed by atoms with E-state index in [1.807, 2.05) is 4.90 Å². The van der Waals surface area contributed by atoms with Crippen molar-refractivity contribution >= 4 is 23.7 Å². The predicted octanol–water partition coefficient (Wildman–Crippen LogP) is 0.135. The minimum absolute atomic E-state index is 0.114. The van der Waals surface area contributed by atoms with E-state index < -0.39 is 11.8 Å². The quantitative estimate of drug-likeness (QED) is 0.632. The average molecular weight is 426 g/mol. The number of carbonyl (C=O) groups excluding carboxylic acids is 3. The van der Waals surface area contributed by atoms with Crippen molar-refractivity contribution in [2.45, 2.75) is 6.54 Å². The summed E-state index contributed by atoms with van der Waals surface area (Å²) >= 11 is 0. The first-order valence-electron chi connectivity index (χ1n) is 10.1. The van der Waals surface area contributed by atoms with Crippen molar-refractivity contribution in [3.63, 3.8) is 0 Å². The van der Waals surface area contributed by atoms with Gasteiger partial charge < -0.3 is 19.6 Å². The van der Waals surface area contributed by atoms with Gasteiger partial charge in [0.1, 0.15) is 12.4 Å². The lowest BCUT2D eigenvalue weighted by molar-refractivity contribution is -0.158. The van der Waals surface area contributed by atoms with E-state index in [0.29, 0.717) is 38.7 Å². The van der Waals surface area contributed by atoms with Crippen LogP contribution in [0.15, 0.2) is 42.7 Å². The van der Waals surface area contributed by atoms with Crippen LogP contribution in [-0.4, -0.2) is 88.2 Å². The van der Waals surface area contributed by atoms with Gasteiger partial charge in [-0.25, -0.2) is 14.4 Å². The largest absolute Gasteiger partial charge is 0.338 e. The third-order valence-corrected chi connectivity index (χ3v) is 5.48. The third kappa shape index (κ3) is 4.79. The maximum Gasteiger partial charge on any atom is 0.312 e. The van der Waals surface area contributed by atoms with Crippen molar-refractivity contribution < 1.29 is 18.8 Å². The molecule has 0 N–H and O–H groups in total. The van der Waals surface area contributed by atoms with Crippen LogP contribution in [0, 0.1) is 5.82 Å². The molecule has 2 saturated heterocycles. The molecule has 4 rings (SSSR count). The summed E-state index contributed by atoms with van der Waals surface area (Å²) in [6.07, 6.45) is 3.36. The Morgan fingerprint density at radius 2 is 1.48 bits per heavy atom. The zero-order chi connectivity index (χ0) is 21.8. The van der Waals surface area contributed by atoms with Gasteiger partial charge in [0, 0.05) is 58.2 Å². The lowest BCUT2D eigenvalue weighted by Crippen LogP contribution is -2.57. The molecule has 0 radical (unpaired) electrons. The monoisotopic (exact) mass is 426 g/mol. The first-order chi connectivity index (χ1) is 15.0. The molecule has 9 nitrogen and oxygen atoms in total. The second-order valence-corrected chi connectivity index (χ2v) is 7.50. The van der Waals surface area contributed by atoms with Crippen molar-refractivity contribution in [2.75, 3.05) is 50.7 Å². The standard InChI is InChI=1S/C21H23FN6O3/c22-17-4-2-16(3-5-17)14-27-12-13-28(20(31)19(27)30)15-18(29)25-8-10-26(11-9-25)21-23-6-1-7-24-21/h1-7H,8-15H2. The normalized spacial score (nSPS) is 17.3. The van der Waals surface area contributed by atoms with Crippen molar-refractivity contribution in [2.24, 2.45) is 0 Å². The van der Waals surface area contributed by atoms with Crippen LogP contribution in [0.5, 0.6) is 0 Å².